The maximum absolute atomic E-state index is 5.90. The first-order chi connectivity index (χ1) is 7.71. The summed E-state index contributed by atoms with van der Waals surface area (Å²) < 4.78 is 0. The zero-order valence-corrected chi connectivity index (χ0v) is 12.1. The molecule has 0 saturated heterocycles. The second-order valence-corrected chi connectivity index (χ2v) is 7.05. The summed E-state index contributed by atoms with van der Waals surface area (Å²) in [6.07, 6.45) is 5.48. The third-order valence-electron chi connectivity index (χ3n) is 3.62. The maximum Gasteiger partial charge on any atom is 0.189 e. The van der Waals surface area contributed by atoms with Crippen LogP contribution < -0.4 is 11.1 Å². The average Bonchev–Trinajstić information content (AvgIpc) is 2.65. The van der Waals surface area contributed by atoms with Crippen molar-refractivity contribution in [3.63, 3.8) is 0 Å². The Morgan fingerprint density at radius 2 is 1.71 bits per heavy atom. The van der Waals surface area contributed by atoms with Crippen LogP contribution >= 0.6 is 0 Å². The highest BCUT2D eigenvalue weighted by Gasteiger charge is 2.31. The number of nitrogens with zero attached hydrogens (tertiary/aromatic N) is 1. The molecule has 0 aromatic carbocycles. The van der Waals surface area contributed by atoms with Crippen LogP contribution in [0.25, 0.3) is 0 Å². The Morgan fingerprint density at radius 3 is 2.18 bits per heavy atom. The van der Waals surface area contributed by atoms with E-state index >= 15 is 0 Å². The summed E-state index contributed by atoms with van der Waals surface area (Å²) in [5, 5.41) is 3.21. The number of rotatable bonds is 3. The van der Waals surface area contributed by atoms with Gasteiger partial charge in [-0.15, -0.1) is 0 Å². The summed E-state index contributed by atoms with van der Waals surface area (Å²) in [6, 6.07) is 0. The van der Waals surface area contributed by atoms with Crippen LogP contribution in [-0.2, 0) is 0 Å². The molecule has 0 unspecified atom stereocenters. The van der Waals surface area contributed by atoms with Gasteiger partial charge in [0.1, 0.15) is 0 Å². The van der Waals surface area contributed by atoms with Crippen LogP contribution in [0.1, 0.15) is 60.3 Å². The average molecular weight is 239 g/mol. The summed E-state index contributed by atoms with van der Waals surface area (Å²) in [4.78, 5) is 4.51. The molecule has 0 amide bonds. The van der Waals surface area contributed by atoms with Crippen molar-refractivity contribution in [2.24, 2.45) is 22.1 Å². The molecule has 1 saturated carbocycles. The van der Waals surface area contributed by atoms with E-state index in [2.05, 4.69) is 44.9 Å². The summed E-state index contributed by atoms with van der Waals surface area (Å²) in [6.45, 7) is 11.7. The summed E-state index contributed by atoms with van der Waals surface area (Å²) in [5.41, 5.74) is 6.17. The number of aliphatic imine (C=N–C) groups is 1. The number of hydrogen-bond acceptors (Lipinski definition) is 1. The fraction of sp³-hybridized carbons (Fsp3) is 0.929. The van der Waals surface area contributed by atoms with E-state index in [-0.39, 0.29) is 11.0 Å². The van der Waals surface area contributed by atoms with Gasteiger partial charge in [-0.05, 0) is 44.9 Å². The van der Waals surface area contributed by atoms with Crippen molar-refractivity contribution in [1.29, 1.82) is 0 Å². The number of nitrogens with one attached hydrogen (secondary N) is 1. The van der Waals surface area contributed by atoms with Crippen LogP contribution in [0.4, 0.5) is 0 Å². The fourth-order valence-corrected chi connectivity index (χ4v) is 2.55. The Kier molecular flexibility index (Phi) is 4.45. The maximum atomic E-state index is 5.90. The largest absolute Gasteiger partial charge is 0.370 e. The van der Waals surface area contributed by atoms with Crippen LogP contribution in [0.5, 0.6) is 0 Å². The van der Waals surface area contributed by atoms with Crippen molar-refractivity contribution < 1.29 is 0 Å². The van der Waals surface area contributed by atoms with Crippen molar-refractivity contribution in [3.05, 3.63) is 0 Å². The highest BCUT2D eigenvalue weighted by molar-refractivity contribution is 5.78. The second-order valence-electron chi connectivity index (χ2n) is 7.05. The third kappa shape index (κ3) is 4.97. The molecule has 3 N–H and O–H groups in total. The van der Waals surface area contributed by atoms with Gasteiger partial charge < -0.3 is 11.1 Å². The van der Waals surface area contributed by atoms with E-state index in [1.165, 1.54) is 25.7 Å². The molecule has 1 fully saturated rings. The van der Waals surface area contributed by atoms with Gasteiger partial charge in [-0.3, -0.25) is 4.99 Å². The number of guanidine groups is 1. The lowest BCUT2D eigenvalue weighted by Crippen LogP contribution is -2.45. The van der Waals surface area contributed by atoms with Gasteiger partial charge in [-0.1, -0.05) is 26.7 Å². The van der Waals surface area contributed by atoms with E-state index in [4.69, 9.17) is 5.73 Å². The molecular formula is C14H29N3. The van der Waals surface area contributed by atoms with E-state index in [9.17, 15) is 0 Å². The van der Waals surface area contributed by atoms with E-state index < -0.39 is 0 Å². The Bertz CT molecular complexity index is 268. The van der Waals surface area contributed by atoms with E-state index in [0.29, 0.717) is 5.96 Å². The normalized spacial score (nSPS) is 19.7. The zero-order valence-electron chi connectivity index (χ0n) is 12.1. The van der Waals surface area contributed by atoms with Crippen molar-refractivity contribution in [2.75, 3.05) is 6.54 Å². The fourth-order valence-electron chi connectivity index (χ4n) is 2.55. The molecule has 0 aliphatic heterocycles. The third-order valence-corrected chi connectivity index (χ3v) is 3.62. The lowest BCUT2D eigenvalue weighted by molar-refractivity contribution is 0.227. The predicted octanol–water partition coefficient (Wildman–Crippen LogP) is 2.91. The standard InChI is InChI=1S/C14H29N3/c1-13(2,3)17-12(15)16-10-14(4,5)11-8-6-7-9-11/h11H,6-10H2,1-5H3,(H3,15,16,17). The number of hydrogen-bond donors (Lipinski definition) is 2. The van der Waals surface area contributed by atoms with Crippen molar-refractivity contribution in [3.8, 4) is 0 Å². The lowest BCUT2D eigenvalue weighted by Gasteiger charge is -2.30. The van der Waals surface area contributed by atoms with Gasteiger partial charge in [0, 0.05) is 12.1 Å². The molecule has 1 aliphatic carbocycles. The molecule has 0 aromatic heterocycles. The van der Waals surface area contributed by atoms with Crippen LogP contribution in [0.2, 0.25) is 0 Å². The number of nitrogens with two attached hydrogens (primary N) is 1. The first-order valence-electron chi connectivity index (χ1n) is 6.79. The molecule has 3 nitrogen and oxygen atoms in total. The minimum Gasteiger partial charge on any atom is -0.370 e. The molecule has 1 aliphatic rings. The van der Waals surface area contributed by atoms with Gasteiger partial charge in [0.15, 0.2) is 5.96 Å². The SMILES string of the molecule is CC(C)(C)NC(N)=NCC(C)(C)C1CCCC1. The summed E-state index contributed by atoms with van der Waals surface area (Å²) in [7, 11) is 0. The van der Waals surface area contributed by atoms with Gasteiger partial charge in [0.2, 0.25) is 0 Å². The molecule has 17 heavy (non-hydrogen) atoms. The molecule has 3 heteroatoms. The topological polar surface area (TPSA) is 50.4 Å². The molecular weight excluding hydrogens is 210 g/mol. The Hall–Kier alpha value is -0.730. The van der Waals surface area contributed by atoms with Gasteiger partial charge in [0.25, 0.3) is 0 Å². The van der Waals surface area contributed by atoms with E-state index in [1.54, 1.807) is 0 Å². The van der Waals surface area contributed by atoms with Crippen LogP contribution in [0.15, 0.2) is 4.99 Å². The first-order valence-corrected chi connectivity index (χ1v) is 6.79. The predicted molar refractivity (Wildman–Crippen MR) is 75.1 cm³/mol. The Balaban J connectivity index is 2.50. The Labute approximate surface area is 106 Å². The Morgan fingerprint density at radius 1 is 1.18 bits per heavy atom. The van der Waals surface area contributed by atoms with E-state index in [1.807, 2.05) is 0 Å². The smallest absolute Gasteiger partial charge is 0.189 e. The molecule has 0 heterocycles. The summed E-state index contributed by atoms with van der Waals surface area (Å²) in [5.74, 6) is 1.39. The van der Waals surface area contributed by atoms with Crippen LogP contribution in [0, 0.1) is 11.3 Å². The molecule has 0 bridgehead atoms. The highest BCUT2D eigenvalue weighted by atomic mass is 15.1. The zero-order chi connectivity index (χ0) is 13.1. The minimum absolute atomic E-state index is 0.00884. The monoisotopic (exact) mass is 239 g/mol. The van der Waals surface area contributed by atoms with Crippen molar-refractivity contribution in [2.45, 2.75) is 65.8 Å². The van der Waals surface area contributed by atoms with Gasteiger partial charge in [-0.2, -0.15) is 0 Å². The van der Waals surface area contributed by atoms with Crippen LogP contribution in [-0.4, -0.2) is 18.0 Å². The van der Waals surface area contributed by atoms with Crippen molar-refractivity contribution in [1.82, 2.24) is 5.32 Å². The minimum atomic E-state index is -0.00884. The van der Waals surface area contributed by atoms with Crippen molar-refractivity contribution >= 4 is 5.96 Å². The van der Waals surface area contributed by atoms with Crippen LogP contribution in [0.3, 0.4) is 0 Å². The molecule has 0 radical (unpaired) electrons. The van der Waals surface area contributed by atoms with Gasteiger partial charge in [0.05, 0.1) is 0 Å². The first kappa shape index (κ1) is 14.3. The van der Waals surface area contributed by atoms with Gasteiger partial charge >= 0.3 is 0 Å². The quantitative estimate of drug-likeness (QED) is 0.588. The highest BCUT2D eigenvalue weighted by Crippen LogP contribution is 2.39. The second kappa shape index (κ2) is 5.28. The molecule has 100 valence electrons. The van der Waals surface area contributed by atoms with E-state index in [0.717, 1.165) is 12.5 Å². The molecule has 1 rings (SSSR count). The molecule has 0 spiro atoms. The van der Waals surface area contributed by atoms with Gasteiger partial charge in [-0.25, -0.2) is 0 Å². The summed E-state index contributed by atoms with van der Waals surface area (Å²) >= 11 is 0. The molecule has 0 atom stereocenters. The lowest BCUT2D eigenvalue weighted by atomic mass is 9.78. The molecule has 0 aromatic rings.